The lowest BCUT2D eigenvalue weighted by atomic mass is 9.74. The van der Waals surface area contributed by atoms with Crippen molar-refractivity contribution in [3.63, 3.8) is 0 Å². The Balaban J connectivity index is 2.42. The third-order valence-corrected chi connectivity index (χ3v) is 5.51. The fraction of sp³-hybridized carbons (Fsp3) is 0.444. The van der Waals surface area contributed by atoms with Gasteiger partial charge in [0, 0.05) is 18.0 Å². The van der Waals surface area contributed by atoms with E-state index in [0.717, 1.165) is 11.4 Å². The molecule has 1 heterocycles. The molecule has 3 rings (SSSR count). The van der Waals surface area contributed by atoms with Gasteiger partial charge in [-0.05, 0) is 32.9 Å². The zero-order valence-corrected chi connectivity index (χ0v) is 19.6. The second-order valence-corrected chi connectivity index (χ2v) is 11.2. The van der Waals surface area contributed by atoms with Crippen molar-refractivity contribution in [2.24, 2.45) is 0 Å². The first-order valence-electron chi connectivity index (χ1n) is 10.6. The van der Waals surface area contributed by atoms with Crippen LogP contribution in [0.5, 0.6) is 0 Å². The molecule has 0 aliphatic heterocycles. The maximum Gasteiger partial charge on any atom is 0.144 e. The highest BCUT2D eigenvalue weighted by Gasteiger charge is 2.30. The van der Waals surface area contributed by atoms with Crippen LogP contribution in [0.25, 0.3) is 17.1 Å². The summed E-state index contributed by atoms with van der Waals surface area (Å²) >= 11 is 0. The number of hydrogen-bond acceptors (Lipinski definition) is 1. The van der Waals surface area contributed by atoms with Crippen molar-refractivity contribution in [2.75, 3.05) is 0 Å². The largest absolute Gasteiger partial charge is 0.299 e. The number of imidazole rings is 1. The molecule has 1 aromatic heterocycles. The lowest BCUT2D eigenvalue weighted by Gasteiger charge is -2.34. The zero-order valence-electron chi connectivity index (χ0n) is 19.6. The van der Waals surface area contributed by atoms with Crippen molar-refractivity contribution in [3.05, 3.63) is 71.5 Å². The summed E-state index contributed by atoms with van der Waals surface area (Å²) in [6, 6.07) is 15.3. The molecule has 0 spiro atoms. The Bertz CT molecular complexity index is 952. The summed E-state index contributed by atoms with van der Waals surface area (Å²) in [5.41, 5.74) is 6.64. The van der Waals surface area contributed by atoms with Gasteiger partial charge in [-0.25, -0.2) is 4.98 Å². The molecule has 0 saturated heterocycles. The van der Waals surface area contributed by atoms with Crippen LogP contribution >= 0.6 is 0 Å². The van der Waals surface area contributed by atoms with E-state index < -0.39 is 0 Å². The van der Waals surface area contributed by atoms with E-state index in [0.29, 0.717) is 0 Å². The molecule has 0 atom stereocenters. The van der Waals surface area contributed by atoms with Crippen LogP contribution in [0.3, 0.4) is 0 Å². The van der Waals surface area contributed by atoms with Gasteiger partial charge in [0.2, 0.25) is 0 Å². The summed E-state index contributed by atoms with van der Waals surface area (Å²) in [5, 5.41) is 0. The number of benzene rings is 2. The first-order valence-corrected chi connectivity index (χ1v) is 10.6. The van der Waals surface area contributed by atoms with E-state index in [1.54, 1.807) is 0 Å². The summed E-state index contributed by atoms with van der Waals surface area (Å²) < 4.78 is 2.29. The fourth-order valence-electron chi connectivity index (χ4n) is 3.76. The van der Waals surface area contributed by atoms with E-state index in [4.69, 9.17) is 4.98 Å². The van der Waals surface area contributed by atoms with Crippen LogP contribution in [0, 0.1) is 0 Å². The van der Waals surface area contributed by atoms with Gasteiger partial charge in [-0.3, -0.25) is 4.57 Å². The minimum absolute atomic E-state index is 0.00875. The van der Waals surface area contributed by atoms with Crippen molar-refractivity contribution in [2.45, 2.75) is 78.6 Å². The van der Waals surface area contributed by atoms with Crippen molar-refractivity contribution in [1.29, 1.82) is 0 Å². The smallest absolute Gasteiger partial charge is 0.144 e. The van der Waals surface area contributed by atoms with Crippen LogP contribution < -0.4 is 0 Å². The van der Waals surface area contributed by atoms with Gasteiger partial charge in [-0.1, -0.05) is 105 Å². The molecule has 0 amide bonds. The highest BCUT2D eigenvalue weighted by Crippen LogP contribution is 2.41. The summed E-state index contributed by atoms with van der Waals surface area (Å²) in [6.07, 6.45) is 4.03. The number of hydrogen-bond donors (Lipinski definition) is 0. The molecule has 29 heavy (non-hydrogen) atoms. The van der Waals surface area contributed by atoms with Crippen LogP contribution in [-0.4, -0.2) is 9.55 Å². The van der Waals surface area contributed by atoms with E-state index in [1.165, 1.54) is 22.4 Å². The highest BCUT2D eigenvalue weighted by atomic mass is 15.1. The van der Waals surface area contributed by atoms with Gasteiger partial charge in [0.05, 0.1) is 5.69 Å². The molecule has 0 bridgehead atoms. The van der Waals surface area contributed by atoms with Gasteiger partial charge in [-0.2, -0.15) is 0 Å². The Kier molecular flexibility index (Phi) is 5.28. The summed E-state index contributed by atoms with van der Waals surface area (Å²) in [6.45, 7) is 20.8. The first-order chi connectivity index (χ1) is 13.3. The van der Waals surface area contributed by atoms with Crippen LogP contribution in [0.2, 0.25) is 0 Å². The van der Waals surface area contributed by atoms with Crippen molar-refractivity contribution < 1.29 is 0 Å². The maximum absolute atomic E-state index is 4.74. The Hall–Kier alpha value is -2.35. The number of nitrogens with zero attached hydrogens (tertiary/aromatic N) is 2. The van der Waals surface area contributed by atoms with E-state index in [9.17, 15) is 0 Å². The van der Waals surface area contributed by atoms with Gasteiger partial charge in [0.15, 0.2) is 0 Å². The van der Waals surface area contributed by atoms with Crippen LogP contribution in [0.15, 0.2) is 54.9 Å². The fourth-order valence-corrected chi connectivity index (χ4v) is 3.76. The molecule has 154 valence electrons. The van der Waals surface area contributed by atoms with Crippen molar-refractivity contribution >= 4 is 0 Å². The topological polar surface area (TPSA) is 17.8 Å². The van der Waals surface area contributed by atoms with Crippen LogP contribution in [0.4, 0.5) is 0 Å². The molecule has 0 aliphatic carbocycles. The monoisotopic (exact) mass is 388 g/mol. The molecule has 0 unspecified atom stereocenters. The lowest BCUT2D eigenvalue weighted by molar-refractivity contribution is 0.543. The first kappa shape index (κ1) is 21.4. The standard InChI is InChI=1S/C27H36N2/c1-25(2,3)20-17-21(26(4,5)6)23(22(18-20)27(7,8)9)29-16-15-28-24(29)19-13-11-10-12-14-19/h10-18H,1-9H3. The molecule has 0 radical (unpaired) electrons. The molecule has 0 aliphatic rings. The van der Waals surface area contributed by atoms with E-state index in [2.05, 4.69) is 116 Å². The average Bonchev–Trinajstić information content (AvgIpc) is 3.08. The second-order valence-electron chi connectivity index (χ2n) is 11.2. The molecule has 3 aromatic rings. The third-order valence-electron chi connectivity index (χ3n) is 5.51. The van der Waals surface area contributed by atoms with Crippen LogP contribution in [0.1, 0.15) is 79.0 Å². The van der Waals surface area contributed by atoms with Gasteiger partial charge in [0.1, 0.15) is 5.82 Å². The van der Waals surface area contributed by atoms with Gasteiger partial charge in [0.25, 0.3) is 0 Å². The molecule has 0 saturated carbocycles. The third kappa shape index (κ3) is 4.32. The summed E-state index contributed by atoms with van der Waals surface area (Å²) in [5.74, 6) is 0.991. The number of rotatable bonds is 2. The van der Waals surface area contributed by atoms with E-state index >= 15 is 0 Å². The Morgan fingerprint density at radius 1 is 0.690 bits per heavy atom. The van der Waals surface area contributed by atoms with Crippen molar-refractivity contribution in [3.8, 4) is 17.1 Å². The lowest BCUT2D eigenvalue weighted by Crippen LogP contribution is -2.25. The molecule has 2 aromatic carbocycles. The van der Waals surface area contributed by atoms with Gasteiger partial charge >= 0.3 is 0 Å². The molecule has 0 N–H and O–H groups in total. The molecule has 2 heteroatoms. The molecular weight excluding hydrogens is 352 g/mol. The Morgan fingerprint density at radius 3 is 1.66 bits per heavy atom. The predicted molar refractivity (Wildman–Crippen MR) is 125 cm³/mol. The Morgan fingerprint density at radius 2 is 1.21 bits per heavy atom. The van der Waals surface area contributed by atoms with Gasteiger partial charge in [-0.15, -0.1) is 0 Å². The second kappa shape index (κ2) is 7.16. The SMILES string of the molecule is CC(C)(C)c1cc(C(C)(C)C)c(-n2ccnc2-c2ccccc2)c(C(C)(C)C)c1. The molecule has 0 fully saturated rings. The number of aromatic nitrogens is 2. The normalized spacial score (nSPS) is 13.0. The Labute approximate surface area is 177 Å². The highest BCUT2D eigenvalue weighted by molar-refractivity contribution is 5.64. The molecular formula is C27H36N2. The average molecular weight is 389 g/mol. The van der Waals surface area contributed by atoms with E-state index in [1.807, 2.05) is 6.20 Å². The minimum atomic E-state index is 0.00875. The quantitative estimate of drug-likeness (QED) is 0.446. The predicted octanol–water partition coefficient (Wildman–Crippen LogP) is 7.43. The summed E-state index contributed by atoms with van der Waals surface area (Å²) in [7, 11) is 0. The van der Waals surface area contributed by atoms with Gasteiger partial charge < -0.3 is 0 Å². The van der Waals surface area contributed by atoms with Crippen molar-refractivity contribution in [1.82, 2.24) is 9.55 Å². The van der Waals surface area contributed by atoms with Crippen LogP contribution in [-0.2, 0) is 16.2 Å². The summed E-state index contributed by atoms with van der Waals surface area (Å²) in [4.78, 5) is 4.74. The minimum Gasteiger partial charge on any atom is -0.299 e. The molecule has 2 nitrogen and oxygen atoms in total. The zero-order chi connectivity index (χ0) is 21.6. The maximum atomic E-state index is 4.74. The van der Waals surface area contributed by atoms with E-state index in [-0.39, 0.29) is 16.2 Å².